The number of carbonyl (C=O) groups excluding carboxylic acids is 1. The van der Waals surface area contributed by atoms with Crippen molar-refractivity contribution >= 4 is 52.2 Å². The zero-order valence-corrected chi connectivity index (χ0v) is 15.7. The summed E-state index contributed by atoms with van der Waals surface area (Å²) >= 11 is 17.4. The number of unbranched alkanes of at least 4 members (excludes halogenated alkanes) is 1. The lowest BCUT2D eigenvalue weighted by Gasteiger charge is -2.25. The van der Waals surface area contributed by atoms with Crippen LogP contribution in [0.3, 0.4) is 0 Å². The van der Waals surface area contributed by atoms with Crippen LogP contribution in [0.1, 0.15) is 33.1 Å². The van der Waals surface area contributed by atoms with Crippen LogP contribution in [0.25, 0.3) is 0 Å². The summed E-state index contributed by atoms with van der Waals surface area (Å²) in [6.07, 6.45) is 2.35. The molecule has 0 bridgehead atoms. The van der Waals surface area contributed by atoms with Crippen molar-refractivity contribution in [3.05, 3.63) is 28.2 Å². The lowest BCUT2D eigenvalue weighted by atomic mass is 10.3. The Kier molecular flexibility index (Phi) is 9.29. The molecule has 0 unspecified atom stereocenters. The van der Waals surface area contributed by atoms with E-state index in [9.17, 15) is 4.79 Å². The fourth-order valence-corrected chi connectivity index (χ4v) is 2.50. The molecule has 1 aromatic carbocycles. The molecule has 0 saturated carbocycles. The fraction of sp³-hybridized carbons (Fsp3) is 0.500. The van der Waals surface area contributed by atoms with Crippen LogP contribution < -0.4 is 5.32 Å². The molecule has 0 aromatic heterocycles. The second-order valence-electron chi connectivity index (χ2n) is 4.95. The van der Waals surface area contributed by atoms with E-state index in [1.165, 1.54) is 0 Å². The predicted molar refractivity (Wildman–Crippen MR) is 100 cm³/mol. The third-order valence-corrected chi connectivity index (χ3v) is 4.23. The summed E-state index contributed by atoms with van der Waals surface area (Å²) in [4.78, 5) is 13.5. The number of esters is 1. The van der Waals surface area contributed by atoms with Crippen LogP contribution in [-0.2, 0) is 9.53 Å². The number of halogens is 2. The molecule has 0 radical (unpaired) electrons. The molecule has 0 atom stereocenters. The molecule has 4 nitrogen and oxygen atoms in total. The van der Waals surface area contributed by atoms with Gasteiger partial charge in [0.25, 0.3) is 0 Å². The Labute approximate surface area is 153 Å². The van der Waals surface area contributed by atoms with Gasteiger partial charge >= 0.3 is 5.97 Å². The summed E-state index contributed by atoms with van der Waals surface area (Å²) in [6.45, 7) is 5.59. The summed E-state index contributed by atoms with van der Waals surface area (Å²) < 4.78 is 4.96. The first kappa shape index (κ1) is 20.0. The Balaban J connectivity index is 2.66. The monoisotopic (exact) mass is 376 g/mol. The third kappa shape index (κ3) is 7.38. The molecule has 1 rings (SSSR count). The summed E-state index contributed by atoms with van der Waals surface area (Å²) in [6, 6.07) is 5.24. The minimum absolute atomic E-state index is 0.216. The first-order valence-electron chi connectivity index (χ1n) is 7.64. The first-order chi connectivity index (χ1) is 11.0. The quantitative estimate of drug-likeness (QED) is 0.523. The van der Waals surface area contributed by atoms with Gasteiger partial charge in [-0.15, -0.1) is 0 Å². The number of anilines is 1. The van der Waals surface area contributed by atoms with E-state index in [0.717, 1.165) is 25.1 Å². The minimum Gasteiger partial charge on any atom is -0.466 e. The molecule has 0 amide bonds. The van der Waals surface area contributed by atoms with E-state index in [4.69, 9.17) is 40.2 Å². The van der Waals surface area contributed by atoms with Crippen molar-refractivity contribution in [2.24, 2.45) is 0 Å². The average Bonchev–Trinajstić information content (AvgIpc) is 2.51. The molecule has 23 heavy (non-hydrogen) atoms. The van der Waals surface area contributed by atoms with E-state index < -0.39 is 0 Å². The normalized spacial score (nSPS) is 10.3. The van der Waals surface area contributed by atoms with E-state index >= 15 is 0 Å². The number of benzene rings is 1. The highest BCUT2D eigenvalue weighted by Gasteiger charge is 2.13. The molecule has 1 N–H and O–H groups in total. The number of nitrogens with one attached hydrogen (secondary N) is 1. The van der Waals surface area contributed by atoms with E-state index in [1.807, 2.05) is 11.0 Å². The molecule has 0 fully saturated rings. The van der Waals surface area contributed by atoms with Gasteiger partial charge < -0.3 is 15.0 Å². The summed E-state index contributed by atoms with van der Waals surface area (Å²) in [7, 11) is 0. The second-order valence-corrected chi connectivity index (χ2v) is 6.16. The van der Waals surface area contributed by atoms with Crippen molar-refractivity contribution in [2.75, 3.05) is 25.0 Å². The van der Waals surface area contributed by atoms with Crippen LogP contribution >= 0.6 is 35.4 Å². The largest absolute Gasteiger partial charge is 0.466 e. The SMILES string of the molecule is CCCCN(CCC(=O)OCC)C(=S)Nc1ccc(Cl)c(Cl)c1. The van der Waals surface area contributed by atoms with Gasteiger partial charge in [0, 0.05) is 18.8 Å². The number of thiocarbonyl (C=S) groups is 1. The van der Waals surface area contributed by atoms with Crippen molar-refractivity contribution < 1.29 is 9.53 Å². The van der Waals surface area contributed by atoms with Crippen LogP contribution in [0.4, 0.5) is 5.69 Å². The van der Waals surface area contributed by atoms with Gasteiger partial charge in [0.2, 0.25) is 0 Å². The highest BCUT2D eigenvalue weighted by molar-refractivity contribution is 7.80. The Hall–Kier alpha value is -1.04. The average molecular weight is 377 g/mol. The van der Waals surface area contributed by atoms with Crippen molar-refractivity contribution in [2.45, 2.75) is 33.1 Å². The van der Waals surface area contributed by atoms with Gasteiger partial charge in [0.05, 0.1) is 23.1 Å². The Bertz CT molecular complexity index is 541. The standard InChI is InChI=1S/C16H22Cl2N2O2S/c1-3-5-9-20(10-8-15(21)22-4-2)16(23)19-12-6-7-13(17)14(18)11-12/h6-7,11H,3-5,8-10H2,1-2H3,(H,19,23). The lowest BCUT2D eigenvalue weighted by molar-refractivity contribution is -0.143. The van der Waals surface area contributed by atoms with Crippen molar-refractivity contribution in [1.82, 2.24) is 4.90 Å². The summed E-state index contributed by atoms with van der Waals surface area (Å²) in [5.74, 6) is -0.216. The number of hydrogen-bond donors (Lipinski definition) is 1. The molecule has 0 aliphatic rings. The summed E-state index contributed by atoms with van der Waals surface area (Å²) in [5.41, 5.74) is 0.766. The topological polar surface area (TPSA) is 41.6 Å². The van der Waals surface area contributed by atoms with E-state index in [-0.39, 0.29) is 5.97 Å². The number of carbonyl (C=O) groups is 1. The highest BCUT2D eigenvalue weighted by atomic mass is 35.5. The van der Waals surface area contributed by atoms with E-state index in [1.54, 1.807) is 19.1 Å². The van der Waals surface area contributed by atoms with Crippen molar-refractivity contribution in [3.8, 4) is 0 Å². The maximum atomic E-state index is 11.5. The van der Waals surface area contributed by atoms with Gasteiger partial charge in [-0.25, -0.2) is 0 Å². The molecule has 0 aliphatic carbocycles. The fourth-order valence-electron chi connectivity index (χ4n) is 1.90. The van der Waals surface area contributed by atoms with Crippen LogP contribution in [0, 0.1) is 0 Å². The zero-order chi connectivity index (χ0) is 17.2. The third-order valence-electron chi connectivity index (χ3n) is 3.13. The van der Waals surface area contributed by atoms with Crippen LogP contribution in [0.2, 0.25) is 10.0 Å². The second kappa shape index (κ2) is 10.7. The molecule has 7 heteroatoms. The Morgan fingerprint density at radius 3 is 2.61 bits per heavy atom. The Morgan fingerprint density at radius 1 is 1.26 bits per heavy atom. The maximum absolute atomic E-state index is 11.5. The minimum atomic E-state index is -0.216. The molecular formula is C16H22Cl2N2O2S. The van der Waals surface area contributed by atoms with Gasteiger partial charge in [-0.1, -0.05) is 36.5 Å². The van der Waals surface area contributed by atoms with Gasteiger partial charge in [0.15, 0.2) is 5.11 Å². The van der Waals surface area contributed by atoms with Gasteiger partial charge in [0.1, 0.15) is 0 Å². The van der Waals surface area contributed by atoms with Gasteiger partial charge in [-0.2, -0.15) is 0 Å². The number of nitrogens with zero attached hydrogens (tertiary/aromatic N) is 1. The van der Waals surface area contributed by atoms with Crippen molar-refractivity contribution in [3.63, 3.8) is 0 Å². The number of rotatable bonds is 8. The number of ether oxygens (including phenoxy) is 1. The molecule has 1 aromatic rings. The molecule has 0 spiro atoms. The Morgan fingerprint density at radius 2 is 2.00 bits per heavy atom. The highest BCUT2D eigenvalue weighted by Crippen LogP contribution is 2.25. The van der Waals surface area contributed by atoms with Gasteiger partial charge in [-0.3, -0.25) is 4.79 Å². The molecule has 0 aliphatic heterocycles. The van der Waals surface area contributed by atoms with E-state index in [0.29, 0.717) is 34.7 Å². The molecule has 0 saturated heterocycles. The maximum Gasteiger partial charge on any atom is 0.307 e. The molecule has 128 valence electrons. The first-order valence-corrected chi connectivity index (χ1v) is 8.81. The van der Waals surface area contributed by atoms with Crippen LogP contribution in [0.5, 0.6) is 0 Å². The lowest BCUT2D eigenvalue weighted by Crippen LogP contribution is -2.37. The predicted octanol–water partition coefficient (Wildman–Crippen LogP) is 4.75. The molecule has 0 heterocycles. The van der Waals surface area contributed by atoms with Crippen molar-refractivity contribution in [1.29, 1.82) is 0 Å². The van der Waals surface area contributed by atoms with Crippen LogP contribution in [-0.4, -0.2) is 35.7 Å². The smallest absolute Gasteiger partial charge is 0.307 e. The van der Waals surface area contributed by atoms with Crippen LogP contribution in [0.15, 0.2) is 18.2 Å². The van der Waals surface area contributed by atoms with Gasteiger partial charge in [-0.05, 0) is 43.8 Å². The summed E-state index contributed by atoms with van der Waals surface area (Å²) in [5, 5.41) is 4.65. The number of hydrogen-bond acceptors (Lipinski definition) is 3. The molecular weight excluding hydrogens is 355 g/mol. The zero-order valence-electron chi connectivity index (χ0n) is 13.4. The van der Waals surface area contributed by atoms with E-state index in [2.05, 4.69) is 12.2 Å².